The molecule has 0 aromatic carbocycles. The number of carbonyl (C=O) groups excluding carboxylic acids is 1. The van der Waals surface area contributed by atoms with E-state index in [1.54, 1.807) is 0 Å². The van der Waals surface area contributed by atoms with Crippen LogP contribution in [-0.2, 0) is 9.53 Å². The highest BCUT2D eigenvalue weighted by atomic mass is 16.5. The number of nitrogens with one attached hydrogen (secondary N) is 1. The minimum absolute atomic E-state index is 0.101. The van der Waals surface area contributed by atoms with Crippen LogP contribution in [0.4, 0.5) is 0 Å². The standard InChI is InChI=1S/C14H28N2O2/c1-12(13-6-4-2-3-5-7-13)16-14(17)8-10-18-11-9-15/h12-13H,2-11,15H2,1H3,(H,16,17)/t12-/m1/s1. The molecule has 106 valence electrons. The Morgan fingerprint density at radius 3 is 2.56 bits per heavy atom. The fraction of sp³-hybridized carbons (Fsp3) is 0.929. The molecule has 1 saturated carbocycles. The van der Waals surface area contributed by atoms with Gasteiger partial charge in [-0.2, -0.15) is 0 Å². The van der Waals surface area contributed by atoms with Crippen LogP contribution >= 0.6 is 0 Å². The molecule has 1 rings (SSSR count). The van der Waals surface area contributed by atoms with E-state index < -0.39 is 0 Å². The van der Waals surface area contributed by atoms with Gasteiger partial charge in [0.05, 0.1) is 13.2 Å². The van der Waals surface area contributed by atoms with Gasteiger partial charge in [-0.3, -0.25) is 4.79 Å². The van der Waals surface area contributed by atoms with Gasteiger partial charge in [0.25, 0.3) is 0 Å². The number of carbonyl (C=O) groups is 1. The zero-order valence-corrected chi connectivity index (χ0v) is 11.6. The summed E-state index contributed by atoms with van der Waals surface area (Å²) < 4.78 is 5.21. The highest BCUT2D eigenvalue weighted by molar-refractivity contribution is 5.76. The Hall–Kier alpha value is -0.610. The van der Waals surface area contributed by atoms with Crippen LogP contribution in [0, 0.1) is 5.92 Å². The van der Waals surface area contributed by atoms with Gasteiger partial charge in [-0.25, -0.2) is 0 Å². The molecule has 0 heterocycles. The van der Waals surface area contributed by atoms with Gasteiger partial charge in [-0.15, -0.1) is 0 Å². The maximum atomic E-state index is 11.7. The van der Waals surface area contributed by atoms with Crippen molar-refractivity contribution in [2.45, 2.75) is 57.9 Å². The summed E-state index contributed by atoms with van der Waals surface area (Å²) >= 11 is 0. The molecule has 1 fully saturated rings. The van der Waals surface area contributed by atoms with Gasteiger partial charge >= 0.3 is 0 Å². The first-order valence-corrected chi connectivity index (χ1v) is 7.31. The highest BCUT2D eigenvalue weighted by Crippen LogP contribution is 2.25. The minimum Gasteiger partial charge on any atom is -0.380 e. The molecule has 3 N–H and O–H groups in total. The maximum absolute atomic E-state index is 11.7. The van der Waals surface area contributed by atoms with Crippen LogP contribution in [0.2, 0.25) is 0 Å². The SMILES string of the molecule is C[C@@H](NC(=O)CCOCCN)C1CCCCCC1. The second-order valence-corrected chi connectivity index (χ2v) is 5.26. The topological polar surface area (TPSA) is 64.3 Å². The molecule has 4 nitrogen and oxygen atoms in total. The van der Waals surface area contributed by atoms with Crippen molar-refractivity contribution in [2.75, 3.05) is 19.8 Å². The highest BCUT2D eigenvalue weighted by Gasteiger charge is 2.20. The summed E-state index contributed by atoms with van der Waals surface area (Å²) in [6, 6.07) is 0.296. The van der Waals surface area contributed by atoms with Crippen LogP contribution in [0.25, 0.3) is 0 Å². The van der Waals surface area contributed by atoms with Crippen molar-refractivity contribution in [2.24, 2.45) is 11.7 Å². The Balaban J connectivity index is 2.16. The first kappa shape index (κ1) is 15.4. The van der Waals surface area contributed by atoms with E-state index in [0.29, 0.717) is 38.1 Å². The third-order valence-corrected chi connectivity index (χ3v) is 3.73. The summed E-state index contributed by atoms with van der Waals surface area (Å²) in [5.41, 5.74) is 5.31. The molecule has 4 heteroatoms. The molecule has 0 aromatic rings. The van der Waals surface area contributed by atoms with Crippen molar-refractivity contribution < 1.29 is 9.53 Å². The summed E-state index contributed by atoms with van der Waals surface area (Å²) in [4.78, 5) is 11.7. The lowest BCUT2D eigenvalue weighted by atomic mass is 9.93. The fourth-order valence-electron chi connectivity index (χ4n) is 2.61. The minimum atomic E-state index is 0.101. The van der Waals surface area contributed by atoms with E-state index in [2.05, 4.69) is 12.2 Å². The zero-order chi connectivity index (χ0) is 13.2. The lowest BCUT2D eigenvalue weighted by Gasteiger charge is -2.23. The molecule has 0 bridgehead atoms. The van der Waals surface area contributed by atoms with Crippen molar-refractivity contribution in [3.05, 3.63) is 0 Å². The van der Waals surface area contributed by atoms with E-state index in [0.717, 1.165) is 0 Å². The molecule has 0 unspecified atom stereocenters. The third-order valence-electron chi connectivity index (χ3n) is 3.73. The Morgan fingerprint density at radius 1 is 1.28 bits per heavy atom. The van der Waals surface area contributed by atoms with Crippen molar-refractivity contribution in [3.8, 4) is 0 Å². The Kier molecular flexibility index (Phi) is 8.01. The van der Waals surface area contributed by atoms with Crippen LogP contribution in [-0.4, -0.2) is 31.7 Å². The van der Waals surface area contributed by atoms with E-state index in [4.69, 9.17) is 10.5 Å². The average Bonchev–Trinajstić information content (AvgIpc) is 2.63. The Bertz CT molecular complexity index is 226. The van der Waals surface area contributed by atoms with Gasteiger partial charge in [-0.1, -0.05) is 25.7 Å². The largest absolute Gasteiger partial charge is 0.380 e. The number of hydrogen-bond acceptors (Lipinski definition) is 3. The molecule has 1 aliphatic rings. The summed E-state index contributed by atoms with van der Waals surface area (Å²) in [6.07, 6.45) is 8.27. The molecule has 1 amide bonds. The van der Waals surface area contributed by atoms with Crippen molar-refractivity contribution in [1.82, 2.24) is 5.32 Å². The van der Waals surface area contributed by atoms with Crippen LogP contribution in [0.5, 0.6) is 0 Å². The molecule has 0 radical (unpaired) electrons. The molecule has 0 spiro atoms. The predicted octanol–water partition coefficient (Wildman–Crippen LogP) is 1.83. The molecule has 1 atom stereocenters. The van der Waals surface area contributed by atoms with Gasteiger partial charge in [0.2, 0.25) is 5.91 Å². The van der Waals surface area contributed by atoms with Gasteiger partial charge < -0.3 is 15.8 Å². The van der Waals surface area contributed by atoms with Crippen molar-refractivity contribution in [1.29, 1.82) is 0 Å². The van der Waals surface area contributed by atoms with E-state index in [1.165, 1.54) is 38.5 Å². The van der Waals surface area contributed by atoms with Gasteiger partial charge in [0.1, 0.15) is 0 Å². The molecule has 0 saturated heterocycles. The van der Waals surface area contributed by atoms with Crippen LogP contribution in [0.3, 0.4) is 0 Å². The van der Waals surface area contributed by atoms with E-state index in [-0.39, 0.29) is 5.91 Å². The Labute approximate surface area is 111 Å². The molecular formula is C14H28N2O2. The van der Waals surface area contributed by atoms with Crippen molar-refractivity contribution in [3.63, 3.8) is 0 Å². The lowest BCUT2D eigenvalue weighted by Crippen LogP contribution is -2.38. The molecule has 0 aliphatic heterocycles. The number of ether oxygens (including phenoxy) is 1. The smallest absolute Gasteiger partial charge is 0.222 e. The van der Waals surface area contributed by atoms with Crippen LogP contribution < -0.4 is 11.1 Å². The number of hydrogen-bond donors (Lipinski definition) is 2. The van der Waals surface area contributed by atoms with Gasteiger partial charge in [-0.05, 0) is 25.7 Å². The van der Waals surface area contributed by atoms with Gasteiger partial charge in [0.15, 0.2) is 0 Å². The van der Waals surface area contributed by atoms with E-state index in [9.17, 15) is 4.79 Å². The quantitative estimate of drug-likeness (QED) is 0.539. The summed E-state index contributed by atoms with van der Waals surface area (Å²) in [5, 5.41) is 3.10. The molecule has 18 heavy (non-hydrogen) atoms. The molecular weight excluding hydrogens is 228 g/mol. The van der Waals surface area contributed by atoms with Crippen LogP contribution in [0.1, 0.15) is 51.9 Å². The fourth-order valence-corrected chi connectivity index (χ4v) is 2.61. The molecule has 0 aromatic heterocycles. The first-order chi connectivity index (χ1) is 8.74. The molecule has 1 aliphatic carbocycles. The number of nitrogens with two attached hydrogens (primary N) is 1. The van der Waals surface area contributed by atoms with E-state index in [1.807, 2.05) is 0 Å². The zero-order valence-electron chi connectivity index (χ0n) is 11.6. The number of rotatable bonds is 7. The van der Waals surface area contributed by atoms with E-state index >= 15 is 0 Å². The second-order valence-electron chi connectivity index (χ2n) is 5.26. The van der Waals surface area contributed by atoms with Crippen LogP contribution in [0.15, 0.2) is 0 Å². The summed E-state index contributed by atoms with van der Waals surface area (Å²) in [7, 11) is 0. The summed E-state index contributed by atoms with van der Waals surface area (Å²) in [5.74, 6) is 0.755. The normalized spacial score (nSPS) is 19.2. The average molecular weight is 256 g/mol. The lowest BCUT2D eigenvalue weighted by molar-refractivity contribution is -0.123. The maximum Gasteiger partial charge on any atom is 0.222 e. The van der Waals surface area contributed by atoms with Crippen molar-refractivity contribution >= 4 is 5.91 Å². The Morgan fingerprint density at radius 2 is 1.94 bits per heavy atom. The second kappa shape index (κ2) is 9.34. The predicted molar refractivity (Wildman–Crippen MR) is 73.3 cm³/mol. The first-order valence-electron chi connectivity index (χ1n) is 7.31. The van der Waals surface area contributed by atoms with Gasteiger partial charge in [0, 0.05) is 19.0 Å². The monoisotopic (exact) mass is 256 g/mol. The third kappa shape index (κ3) is 6.36. The number of amides is 1. The summed E-state index contributed by atoms with van der Waals surface area (Å²) in [6.45, 7) is 3.65.